The number of aliphatic hydroxyl groups is 1. The molecule has 8 nitrogen and oxygen atoms in total. The summed E-state index contributed by atoms with van der Waals surface area (Å²) in [5.41, 5.74) is 6.17. The van der Waals surface area contributed by atoms with Crippen LogP contribution in [0.25, 0.3) is 0 Å². The van der Waals surface area contributed by atoms with Crippen molar-refractivity contribution in [2.75, 3.05) is 0 Å². The molecule has 1 unspecified atom stereocenters. The van der Waals surface area contributed by atoms with Gasteiger partial charge in [-0.25, -0.2) is 4.79 Å². The van der Waals surface area contributed by atoms with Crippen molar-refractivity contribution in [1.29, 1.82) is 0 Å². The fourth-order valence-electron chi connectivity index (χ4n) is 8.99. The number of hydrogen-bond acceptors (Lipinski definition) is 7. The Labute approximate surface area is 231 Å². The van der Waals surface area contributed by atoms with Crippen molar-refractivity contribution in [2.24, 2.45) is 45.7 Å². The summed E-state index contributed by atoms with van der Waals surface area (Å²) in [4.78, 5) is 26.8. The number of rotatable bonds is 6. The molecule has 5 rings (SSSR count). The first kappa shape index (κ1) is 28.3. The van der Waals surface area contributed by atoms with Crippen molar-refractivity contribution < 1.29 is 34.2 Å². The van der Waals surface area contributed by atoms with E-state index in [1.165, 1.54) is 0 Å². The van der Waals surface area contributed by atoms with E-state index >= 15 is 0 Å². The summed E-state index contributed by atoms with van der Waals surface area (Å²) >= 11 is 0. The molecule has 0 spiro atoms. The summed E-state index contributed by atoms with van der Waals surface area (Å²) in [6, 6.07) is 3.35. The molecule has 3 fully saturated rings. The fourth-order valence-corrected chi connectivity index (χ4v) is 8.99. The van der Waals surface area contributed by atoms with Gasteiger partial charge in [0.15, 0.2) is 6.10 Å². The second-order valence-corrected chi connectivity index (χ2v) is 13.1. The topological polar surface area (TPSA) is 139 Å². The van der Waals surface area contributed by atoms with Gasteiger partial charge in [-0.3, -0.25) is 4.79 Å². The third-order valence-corrected chi connectivity index (χ3v) is 11.5. The summed E-state index contributed by atoms with van der Waals surface area (Å²) < 4.78 is 11.7. The third-order valence-electron chi connectivity index (χ3n) is 11.5. The summed E-state index contributed by atoms with van der Waals surface area (Å²) in [7, 11) is -1.13. The van der Waals surface area contributed by atoms with Crippen LogP contribution < -0.4 is 15.9 Å². The van der Waals surface area contributed by atoms with Crippen molar-refractivity contribution >= 4 is 24.3 Å². The fraction of sp³-hybridized carbons (Fsp3) is 0.667. The number of carbonyl (C=O) groups excluding carboxylic acids is 1. The number of carboxylic acids is 1. The Kier molecular flexibility index (Phi) is 7.06. The quantitative estimate of drug-likeness (QED) is 0.320. The average molecular weight is 539 g/mol. The number of ether oxygens (including phenoxy) is 1. The summed E-state index contributed by atoms with van der Waals surface area (Å²) in [6.45, 7) is 12.7. The molecule has 0 saturated heterocycles. The van der Waals surface area contributed by atoms with Gasteiger partial charge in [-0.05, 0) is 77.1 Å². The monoisotopic (exact) mass is 539 g/mol. The Bertz CT molecular complexity index is 1190. The van der Waals surface area contributed by atoms with E-state index in [2.05, 4.69) is 27.4 Å². The molecule has 9 heteroatoms. The maximum Gasteiger partial charge on any atom is 0.491 e. The van der Waals surface area contributed by atoms with Crippen molar-refractivity contribution in [2.45, 2.75) is 85.2 Å². The summed E-state index contributed by atoms with van der Waals surface area (Å²) in [5.74, 6) is -1.70. The maximum absolute atomic E-state index is 13.7. The van der Waals surface area contributed by atoms with Crippen LogP contribution in [0.3, 0.4) is 0 Å². The van der Waals surface area contributed by atoms with Gasteiger partial charge in [0.1, 0.15) is 11.5 Å². The lowest BCUT2D eigenvalue weighted by Crippen LogP contribution is -2.63. The first-order chi connectivity index (χ1) is 18.3. The number of nitrogens with two attached hydrogens (primary N) is 1. The lowest BCUT2D eigenvalue weighted by molar-refractivity contribution is -0.193. The van der Waals surface area contributed by atoms with Gasteiger partial charge in [-0.1, -0.05) is 33.8 Å². The lowest BCUT2D eigenvalue weighted by Gasteiger charge is -2.63. The Hall–Kier alpha value is -2.20. The van der Waals surface area contributed by atoms with E-state index in [0.29, 0.717) is 30.5 Å². The molecule has 0 radical (unpaired) electrons. The predicted molar refractivity (Wildman–Crippen MR) is 147 cm³/mol. The Morgan fingerprint density at radius 2 is 2.05 bits per heavy atom. The maximum atomic E-state index is 13.7. The first-order valence-corrected chi connectivity index (χ1v) is 14.2. The van der Waals surface area contributed by atoms with Crippen LogP contribution >= 0.6 is 0 Å². The molecule has 4 aliphatic rings. The van der Waals surface area contributed by atoms with Crippen LogP contribution in [0.2, 0.25) is 0 Å². The number of aliphatic carboxylic acids is 1. The van der Waals surface area contributed by atoms with E-state index in [-0.39, 0.29) is 36.7 Å². The Balaban J connectivity index is 1.66. The highest BCUT2D eigenvalue weighted by molar-refractivity contribution is 6.61. The largest absolute Gasteiger partial charge is 0.491 e. The van der Waals surface area contributed by atoms with Crippen molar-refractivity contribution in [1.82, 2.24) is 0 Å². The molecule has 0 aromatic heterocycles. The minimum Gasteiger partial charge on any atom is -0.478 e. The number of hydrogen-bond donors (Lipinski definition) is 4. The predicted octanol–water partition coefficient (Wildman–Crippen LogP) is 2.81. The van der Waals surface area contributed by atoms with Crippen molar-refractivity contribution in [3.63, 3.8) is 0 Å². The molecule has 2 bridgehead atoms. The second kappa shape index (κ2) is 9.72. The zero-order valence-electron chi connectivity index (χ0n) is 23.5. The molecule has 39 heavy (non-hydrogen) atoms. The zero-order valence-corrected chi connectivity index (χ0v) is 23.5. The number of benzene rings is 1. The minimum absolute atomic E-state index is 0.0690. The number of Topliss-reactive ketones (excluding diaryl/α,β-unsaturated/α-hetero) is 1. The van der Waals surface area contributed by atoms with Crippen LogP contribution in [0.15, 0.2) is 24.8 Å². The third kappa shape index (κ3) is 4.03. The van der Waals surface area contributed by atoms with Crippen LogP contribution in [0.4, 0.5) is 0 Å². The van der Waals surface area contributed by atoms with E-state index < -0.39 is 47.5 Å². The molecule has 0 amide bonds. The van der Waals surface area contributed by atoms with Gasteiger partial charge >= 0.3 is 13.1 Å². The average Bonchev–Trinajstić information content (AvgIpc) is 3.46. The molecule has 1 aromatic carbocycles. The number of fused-ring (bicyclic) bond motifs is 1. The summed E-state index contributed by atoms with van der Waals surface area (Å²) in [5, 5.41) is 32.8. The van der Waals surface area contributed by atoms with Gasteiger partial charge in [-0.15, -0.1) is 6.58 Å². The molecule has 212 valence electrons. The summed E-state index contributed by atoms with van der Waals surface area (Å²) in [6.07, 6.45) is 2.82. The van der Waals surface area contributed by atoms with E-state index in [0.717, 1.165) is 24.0 Å². The molecule has 5 N–H and O–H groups in total. The van der Waals surface area contributed by atoms with Crippen LogP contribution in [-0.2, 0) is 27.4 Å². The van der Waals surface area contributed by atoms with Crippen molar-refractivity contribution in [3.05, 3.63) is 35.9 Å². The molecule has 9 atom stereocenters. The molecule has 1 aromatic rings. The smallest absolute Gasteiger partial charge is 0.478 e. The highest BCUT2D eigenvalue weighted by Gasteiger charge is 2.69. The molecule has 3 aliphatic carbocycles. The van der Waals surface area contributed by atoms with Gasteiger partial charge in [0.25, 0.3) is 0 Å². The number of carbonyl (C=O) groups is 2. The van der Waals surface area contributed by atoms with Gasteiger partial charge in [0.2, 0.25) is 0 Å². The van der Waals surface area contributed by atoms with E-state index in [1.54, 1.807) is 18.2 Å². The standard InChI is InChI=1S/C30H42BNO7/c1-6-28(4)13-21(24(27(35)36)39-19-11-18(14-32)20-15-38-31(37)22(20)12-19)29(5)16(2)7-9-30(17(3)26(28)34)10-8-23(33)25(29)30/h6,11-12,16-17,21,24-26,34,37H,1,7-10,13-15,32H2,2-5H3,(H,35,36)/t16-,17+,21+,24?,25+,26+,28-,29-,30+/m1/s1. The van der Waals surface area contributed by atoms with Crippen LogP contribution in [-0.4, -0.2) is 46.3 Å². The molecule has 1 aliphatic heterocycles. The second-order valence-electron chi connectivity index (χ2n) is 13.1. The SMILES string of the molecule is C=C[C@]1(C)C[C@@H](C(Oc2cc(CN)c3c(c2)B(O)OC3)C(=O)O)[C@@]2(C)[C@H](C)CC[C@]3(CCC(=O)[C@H]32)[C@@H](C)[C@@H]1O. The van der Waals surface area contributed by atoms with E-state index in [1.807, 2.05) is 6.92 Å². The van der Waals surface area contributed by atoms with Crippen LogP contribution in [0.5, 0.6) is 5.75 Å². The highest BCUT2D eigenvalue weighted by atomic mass is 16.5. The normalized spacial score (nSPS) is 40.3. The number of aliphatic hydroxyl groups excluding tert-OH is 1. The number of carboxylic acid groups (broad SMARTS) is 1. The van der Waals surface area contributed by atoms with Crippen molar-refractivity contribution in [3.8, 4) is 5.75 Å². The lowest BCUT2D eigenvalue weighted by atomic mass is 9.41. The van der Waals surface area contributed by atoms with Gasteiger partial charge in [0.05, 0.1) is 12.7 Å². The molecule has 3 saturated carbocycles. The van der Waals surface area contributed by atoms with Crippen LogP contribution in [0.1, 0.15) is 70.9 Å². The van der Waals surface area contributed by atoms with E-state index in [4.69, 9.17) is 15.1 Å². The molecular weight excluding hydrogens is 497 g/mol. The highest BCUT2D eigenvalue weighted by Crippen LogP contribution is 2.69. The van der Waals surface area contributed by atoms with Gasteiger partial charge in [0, 0.05) is 30.2 Å². The number of ketones is 1. The molecule has 1 heterocycles. The Morgan fingerprint density at radius 3 is 2.69 bits per heavy atom. The minimum atomic E-state index is -1.30. The van der Waals surface area contributed by atoms with Gasteiger partial charge < -0.3 is 30.4 Å². The van der Waals surface area contributed by atoms with Gasteiger partial charge in [-0.2, -0.15) is 0 Å². The zero-order chi connectivity index (χ0) is 28.5. The molecular formula is C30H42BNO7. The first-order valence-electron chi connectivity index (χ1n) is 14.2. The van der Waals surface area contributed by atoms with E-state index in [9.17, 15) is 24.8 Å². The Morgan fingerprint density at radius 1 is 1.33 bits per heavy atom. The van der Waals surface area contributed by atoms with Crippen LogP contribution in [0, 0.1) is 39.9 Å².